The average molecular weight is 370 g/mol. The molecule has 0 aliphatic carbocycles. The monoisotopic (exact) mass is 369 g/mol. The van der Waals surface area contributed by atoms with Crippen LogP contribution < -0.4 is 0 Å². The van der Waals surface area contributed by atoms with E-state index < -0.39 is 12.0 Å². The fraction of sp³-hybridized carbons (Fsp3) is 0.353. The Morgan fingerprint density at radius 3 is 2.83 bits per heavy atom. The van der Waals surface area contributed by atoms with E-state index in [-0.39, 0.29) is 6.04 Å². The summed E-state index contributed by atoms with van der Waals surface area (Å²) >= 11 is 14.3. The van der Waals surface area contributed by atoms with Crippen LogP contribution in [0, 0.1) is 6.92 Å². The van der Waals surface area contributed by atoms with Crippen molar-refractivity contribution in [1.29, 1.82) is 0 Å². The first-order valence-electron chi connectivity index (χ1n) is 7.47. The number of hydrogen-bond acceptors (Lipinski definition) is 3. The lowest BCUT2D eigenvalue weighted by Gasteiger charge is -2.32. The quantitative estimate of drug-likeness (QED) is 0.823. The summed E-state index contributed by atoms with van der Waals surface area (Å²) in [6.07, 6.45) is 1.53. The number of nitrogens with zero attached hydrogens (tertiary/aromatic N) is 1. The van der Waals surface area contributed by atoms with Crippen molar-refractivity contribution in [1.82, 2.24) is 4.90 Å². The van der Waals surface area contributed by atoms with Gasteiger partial charge in [-0.2, -0.15) is 0 Å². The molecule has 0 amide bonds. The van der Waals surface area contributed by atoms with E-state index in [2.05, 4.69) is 6.07 Å². The largest absolute Gasteiger partial charge is 0.480 e. The summed E-state index contributed by atoms with van der Waals surface area (Å²) in [5, 5.41) is 12.6. The number of benzene rings is 1. The second-order valence-electron chi connectivity index (χ2n) is 5.75. The first-order valence-corrected chi connectivity index (χ1v) is 9.10. The van der Waals surface area contributed by atoms with Gasteiger partial charge in [0.05, 0.1) is 16.1 Å². The van der Waals surface area contributed by atoms with E-state index in [1.54, 1.807) is 17.4 Å². The van der Waals surface area contributed by atoms with Gasteiger partial charge in [0.15, 0.2) is 0 Å². The molecule has 2 heterocycles. The van der Waals surface area contributed by atoms with Gasteiger partial charge in [-0.15, -0.1) is 11.3 Å². The summed E-state index contributed by atoms with van der Waals surface area (Å²) in [6.45, 7) is 2.78. The predicted molar refractivity (Wildman–Crippen MR) is 94.7 cm³/mol. The number of aliphatic carboxylic acids is 1. The Morgan fingerprint density at radius 1 is 1.39 bits per heavy atom. The summed E-state index contributed by atoms with van der Waals surface area (Å²) in [7, 11) is 0. The molecule has 23 heavy (non-hydrogen) atoms. The van der Waals surface area contributed by atoms with Gasteiger partial charge in [0.2, 0.25) is 0 Å². The molecular formula is C17H17Cl2NO2S. The maximum Gasteiger partial charge on any atom is 0.320 e. The minimum atomic E-state index is -0.778. The third-order valence-corrected chi connectivity index (χ3v) is 6.24. The van der Waals surface area contributed by atoms with Gasteiger partial charge < -0.3 is 5.11 Å². The van der Waals surface area contributed by atoms with E-state index in [1.165, 1.54) is 0 Å². The Morgan fingerprint density at radius 2 is 2.17 bits per heavy atom. The molecule has 0 saturated carbocycles. The van der Waals surface area contributed by atoms with E-state index in [1.807, 2.05) is 29.3 Å². The first kappa shape index (κ1) is 16.8. The Kier molecular flexibility index (Phi) is 4.97. The van der Waals surface area contributed by atoms with Crippen LogP contribution in [0.25, 0.3) is 0 Å². The summed E-state index contributed by atoms with van der Waals surface area (Å²) < 4.78 is 0. The zero-order valence-electron chi connectivity index (χ0n) is 12.6. The average Bonchev–Trinajstić information content (AvgIpc) is 3.14. The lowest BCUT2D eigenvalue weighted by Crippen LogP contribution is -2.39. The van der Waals surface area contributed by atoms with Crippen molar-refractivity contribution in [3.8, 4) is 0 Å². The Bertz CT molecular complexity index is 731. The van der Waals surface area contributed by atoms with Crippen molar-refractivity contribution in [2.24, 2.45) is 0 Å². The van der Waals surface area contributed by atoms with Crippen LogP contribution in [-0.4, -0.2) is 28.6 Å². The molecule has 1 aliphatic heterocycles. The van der Waals surface area contributed by atoms with Gasteiger partial charge in [-0.05, 0) is 48.4 Å². The van der Waals surface area contributed by atoms with Crippen molar-refractivity contribution in [2.45, 2.75) is 31.8 Å². The number of hydrogen-bond donors (Lipinski definition) is 1. The molecular weight excluding hydrogens is 353 g/mol. The van der Waals surface area contributed by atoms with Gasteiger partial charge in [0.1, 0.15) is 6.04 Å². The van der Waals surface area contributed by atoms with E-state index in [0.717, 1.165) is 29.0 Å². The number of carbonyl (C=O) groups is 1. The molecule has 0 bridgehead atoms. The van der Waals surface area contributed by atoms with Gasteiger partial charge in [-0.25, -0.2) is 0 Å². The van der Waals surface area contributed by atoms with Gasteiger partial charge in [-0.3, -0.25) is 9.69 Å². The summed E-state index contributed by atoms with van der Waals surface area (Å²) in [6, 6.07) is 6.95. The lowest BCUT2D eigenvalue weighted by atomic mass is 10.00. The Labute approximate surface area is 149 Å². The molecule has 6 heteroatoms. The van der Waals surface area contributed by atoms with Crippen LogP contribution in [-0.2, 0) is 4.79 Å². The molecule has 0 spiro atoms. The van der Waals surface area contributed by atoms with E-state index >= 15 is 0 Å². The van der Waals surface area contributed by atoms with Crippen LogP contribution in [0.2, 0.25) is 10.0 Å². The molecule has 1 N–H and O–H groups in total. The number of rotatable bonds is 4. The summed E-state index contributed by atoms with van der Waals surface area (Å²) in [5.41, 5.74) is 2.02. The number of aryl methyl sites for hydroxylation is 1. The van der Waals surface area contributed by atoms with Crippen LogP contribution in [0.5, 0.6) is 0 Å². The SMILES string of the molecule is Cc1ccsc1C(c1cccc(Cl)c1Cl)N1CCCC1C(=O)O. The molecule has 1 fully saturated rings. The predicted octanol–water partition coefficient (Wildman–Crippen LogP) is 5.00. The minimum Gasteiger partial charge on any atom is -0.480 e. The topological polar surface area (TPSA) is 40.5 Å². The van der Waals surface area contributed by atoms with Crippen molar-refractivity contribution >= 4 is 40.5 Å². The van der Waals surface area contributed by atoms with E-state index in [4.69, 9.17) is 23.2 Å². The molecule has 122 valence electrons. The smallest absolute Gasteiger partial charge is 0.320 e. The molecule has 3 rings (SSSR count). The number of thiophene rings is 1. The third kappa shape index (κ3) is 3.13. The molecule has 2 aromatic rings. The molecule has 2 unspecified atom stereocenters. The first-order chi connectivity index (χ1) is 11.0. The fourth-order valence-electron chi connectivity index (χ4n) is 3.23. The van der Waals surface area contributed by atoms with Crippen LogP contribution in [0.4, 0.5) is 0 Å². The van der Waals surface area contributed by atoms with Gasteiger partial charge in [0, 0.05) is 11.4 Å². The molecule has 3 nitrogen and oxygen atoms in total. The van der Waals surface area contributed by atoms with Gasteiger partial charge in [0.25, 0.3) is 0 Å². The third-order valence-electron chi connectivity index (χ3n) is 4.34. The molecule has 1 saturated heterocycles. The molecule has 1 aromatic heterocycles. The summed E-state index contributed by atoms with van der Waals surface area (Å²) in [5.74, 6) is -0.778. The normalized spacial score (nSPS) is 19.9. The highest BCUT2D eigenvalue weighted by molar-refractivity contribution is 7.10. The second-order valence-corrected chi connectivity index (χ2v) is 7.48. The number of likely N-dealkylation sites (tertiary alicyclic amines) is 1. The van der Waals surface area contributed by atoms with Crippen molar-refractivity contribution in [3.05, 3.63) is 55.7 Å². The molecule has 2 atom stereocenters. The van der Waals surface area contributed by atoms with Crippen LogP contribution in [0.1, 0.15) is 34.9 Å². The minimum absolute atomic E-state index is 0.176. The standard InChI is InChI=1S/C17H17Cl2NO2S/c1-10-7-9-23-16(10)15(11-4-2-5-12(18)14(11)19)20-8-3-6-13(20)17(21)22/h2,4-5,7,9,13,15H,3,6,8H2,1H3,(H,21,22). The summed E-state index contributed by atoms with van der Waals surface area (Å²) in [4.78, 5) is 14.8. The lowest BCUT2D eigenvalue weighted by molar-refractivity contribution is -0.142. The highest BCUT2D eigenvalue weighted by Gasteiger charge is 2.38. The van der Waals surface area contributed by atoms with Gasteiger partial charge in [-0.1, -0.05) is 35.3 Å². The molecule has 0 radical (unpaired) electrons. The Hall–Kier alpha value is -1.07. The Balaban J connectivity index is 2.13. The van der Waals surface area contributed by atoms with Crippen LogP contribution in [0.15, 0.2) is 29.6 Å². The highest BCUT2D eigenvalue weighted by Crippen LogP contribution is 2.42. The number of carboxylic acid groups (broad SMARTS) is 1. The number of halogens is 2. The van der Waals surface area contributed by atoms with Crippen LogP contribution in [0.3, 0.4) is 0 Å². The van der Waals surface area contributed by atoms with Crippen molar-refractivity contribution in [2.75, 3.05) is 6.54 Å². The van der Waals surface area contributed by atoms with Crippen molar-refractivity contribution in [3.63, 3.8) is 0 Å². The maximum absolute atomic E-state index is 11.7. The fourth-order valence-corrected chi connectivity index (χ4v) is 4.71. The van der Waals surface area contributed by atoms with Crippen molar-refractivity contribution < 1.29 is 9.90 Å². The van der Waals surface area contributed by atoms with Gasteiger partial charge >= 0.3 is 5.97 Å². The van der Waals surface area contributed by atoms with E-state index in [0.29, 0.717) is 16.5 Å². The molecule has 1 aliphatic rings. The molecule has 1 aromatic carbocycles. The van der Waals surface area contributed by atoms with Crippen LogP contribution >= 0.6 is 34.5 Å². The highest BCUT2D eigenvalue weighted by atomic mass is 35.5. The van der Waals surface area contributed by atoms with E-state index in [9.17, 15) is 9.90 Å². The maximum atomic E-state index is 11.7. The number of carboxylic acids is 1. The zero-order chi connectivity index (χ0) is 16.6. The second kappa shape index (κ2) is 6.81. The zero-order valence-corrected chi connectivity index (χ0v) is 15.0.